The molecule has 144 valence electrons. The highest BCUT2D eigenvalue weighted by Gasteiger charge is 2.26. The number of carbonyl (C=O) groups is 1. The molecule has 1 aliphatic heterocycles. The van der Waals surface area contributed by atoms with Crippen molar-refractivity contribution in [2.24, 2.45) is 0 Å². The van der Waals surface area contributed by atoms with E-state index >= 15 is 0 Å². The number of hydrogen-bond donors (Lipinski definition) is 0. The summed E-state index contributed by atoms with van der Waals surface area (Å²) in [7, 11) is 3.23. The predicted molar refractivity (Wildman–Crippen MR) is 105 cm³/mol. The quantitative estimate of drug-likeness (QED) is 0.748. The van der Waals surface area contributed by atoms with Crippen molar-refractivity contribution in [1.82, 2.24) is 9.88 Å². The lowest BCUT2D eigenvalue weighted by Gasteiger charge is -2.36. The molecule has 1 saturated heterocycles. The minimum Gasteiger partial charge on any atom is -0.493 e. The summed E-state index contributed by atoms with van der Waals surface area (Å²) in [6.45, 7) is 0.846. The maximum absolute atomic E-state index is 13.0. The Balaban J connectivity index is 1.64. The molecule has 0 saturated carbocycles. The molecule has 1 amide bonds. The number of benzene rings is 1. The molecule has 2 heterocycles. The third-order valence-corrected chi connectivity index (χ3v) is 5.21. The molecule has 1 unspecified atom stereocenters. The zero-order valence-corrected chi connectivity index (χ0v) is 16.2. The van der Waals surface area contributed by atoms with Gasteiger partial charge in [0.15, 0.2) is 11.5 Å². The van der Waals surface area contributed by atoms with E-state index in [9.17, 15) is 4.79 Å². The van der Waals surface area contributed by atoms with Gasteiger partial charge in [-0.25, -0.2) is 0 Å². The molecule has 0 N–H and O–H groups in total. The van der Waals surface area contributed by atoms with Gasteiger partial charge in [0, 0.05) is 24.5 Å². The summed E-state index contributed by atoms with van der Waals surface area (Å²) in [4.78, 5) is 19.5. The van der Waals surface area contributed by atoms with E-state index in [4.69, 9.17) is 9.47 Å². The number of ether oxygens (including phenoxy) is 2. The normalized spacial score (nSPS) is 16.8. The van der Waals surface area contributed by atoms with Crippen LogP contribution in [0, 0.1) is 0 Å². The van der Waals surface area contributed by atoms with E-state index in [-0.39, 0.29) is 5.91 Å². The fourth-order valence-electron chi connectivity index (χ4n) is 3.76. The van der Waals surface area contributed by atoms with E-state index in [0.717, 1.165) is 43.5 Å². The van der Waals surface area contributed by atoms with Crippen molar-refractivity contribution >= 4 is 5.91 Å². The first-order valence-electron chi connectivity index (χ1n) is 9.61. The molecule has 1 fully saturated rings. The van der Waals surface area contributed by atoms with E-state index in [1.54, 1.807) is 14.2 Å². The van der Waals surface area contributed by atoms with Crippen molar-refractivity contribution < 1.29 is 14.3 Å². The minimum absolute atomic E-state index is 0.188. The van der Waals surface area contributed by atoms with Crippen LogP contribution in [-0.2, 0) is 17.6 Å². The number of hydrogen-bond acceptors (Lipinski definition) is 4. The standard InChI is InChI=1S/C22H28N2O3/c1-26-20-12-9-17(15-21(20)27-2)16-22(25)24-14-6-4-8-19(24)11-10-18-7-3-5-13-23-18/h3,5,7,9,12-13,15,19H,4,6,8,10-11,14,16H2,1-2H3. The molecular weight excluding hydrogens is 340 g/mol. The van der Waals surface area contributed by atoms with Gasteiger partial charge < -0.3 is 14.4 Å². The molecule has 1 aromatic carbocycles. The van der Waals surface area contributed by atoms with Crippen LogP contribution in [-0.4, -0.2) is 42.6 Å². The second-order valence-electron chi connectivity index (χ2n) is 6.96. The summed E-state index contributed by atoms with van der Waals surface area (Å²) < 4.78 is 10.6. The number of piperidine rings is 1. The highest BCUT2D eigenvalue weighted by atomic mass is 16.5. The van der Waals surface area contributed by atoms with Crippen molar-refractivity contribution in [3.05, 3.63) is 53.9 Å². The summed E-state index contributed by atoms with van der Waals surface area (Å²) in [5.41, 5.74) is 2.04. The van der Waals surface area contributed by atoms with Crippen molar-refractivity contribution in [1.29, 1.82) is 0 Å². The lowest BCUT2D eigenvalue weighted by Crippen LogP contribution is -2.44. The van der Waals surface area contributed by atoms with Crippen molar-refractivity contribution in [2.45, 2.75) is 44.6 Å². The molecule has 3 rings (SSSR count). The van der Waals surface area contributed by atoms with E-state index in [0.29, 0.717) is 24.0 Å². The Morgan fingerprint density at radius 2 is 2.00 bits per heavy atom. The van der Waals surface area contributed by atoms with E-state index in [2.05, 4.69) is 16.0 Å². The molecule has 5 heteroatoms. The van der Waals surface area contributed by atoms with Gasteiger partial charge in [0.2, 0.25) is 5.91 Å². The zero-order valence-electron chi connectivity index (χ0n) is 16.2. The number of amides is 1. The third kappa shape index (κ3) is 5.00. The molecule has 0 bridgehead atoms. The molecule has 0 spiro atoms. The highest BCUT2D eigenvalue weighted by Crippen LogP contribution is 2.28. The van der Waals surface area contributed by atoms with Gasteiger partial charge in [0.05, 0.1) is 20.6 Å². The monoisotopic (exact) mass is 368 g/mol. The van der Waals surface area contributed by atoms with Gasteiger partial charge in [0.25, 0.3) is 0 Å². The molecule has 0 aliphatic carbocycles. The number of rotatable bonds is 7. The van der Waals surface area contributed by atoms with E-state index in [1.165, 1.54) is 6.42 Å². The van der Waals surface area contributed by atoms with Crippen LogP contribution in [0.1, 0.15) is 36.9 Å². The molecule has 1 aromatic heterocycles. The summed E-state index contributed by atoms with van der Waals surface area (Å²) >= 11 is 0. The fraction of sp³-hybridized carbons (Fsp3) is 0.455. The molecule has 5 nitrogen and oxygen atoms in total. The van der Waals surface area contributed by atoms with Crippen molar-refractivity contribution in [2.75, 3.05) is 20.8 Å². The Hall–Kier alpha value is -2.56. The second-order valence-corrected chi connectivity index (χ2v) is 6.96. The Morgan fingerprint density at radius 1 is 1.15 bits per heavy atom. The summed E-state index contributed by atoms with van der Waals surface area (Å²) in [6, 6.07) is 12.0. The molecule has 1 aliphatic rings. The second kappa shape index (κ2) is 9.40. The largest absolute Gasteiger partial charge is 0.493 e. The zero-order chi connectivity index (χ0) is 19.1. The van der Waals surface area contributed by atoms with Crippen molar-refractivity contribution in [3.63, 3.8) is 0 Å². The van der Waals surface area contributed by atoms with E-state index < -0.39 is 0 Å². The summed E-state index contributed by atoms with van der Waals surface area (Å²) in [6.07, 6.45) is 7.44. The first-order chi connectivity index (χ1) is 13.2. The Bertz CT molecular complexity index is 748. The average molecular weight is 368 g/mol. The Morgan fingerprint density at radius 3 is 2.74 bits per heavy atom. The van der Waals surface area contributed by atoms with Crippen molar-refractivity contribution in [3.8, 4) is 11.5 Å². The van der Waals surface area contributed by atoms with Gasteiger partial charge in [-0.1, -0.05) is 12.1 Å². The lowest BCUT2D eigenvalue weighted by molar-refractivity contribution is -0.134. The number of aryl methyl sites for hydroxylation is 1. The van der Waals surface area contributed by atoms with Crippen LogP contribution in [0.2, 0.25) is 0 Å². The van der Waals surface area contributed by atoms with Crippen LogP contribution in [0.5, 0.6) is 11.5 Å². The molecule has 1 atom stereocenters. The lowest BCUT2D eigenvalue weighted by atomic mass is 9.96. The smallest absolute Gasteiger partial charge is 0.227 e. The van der Waals surface area contributed by atoms with Gasteiger partial charge in [-0.15, -0.1) is 0 Å². The van der Waals surface area contributed by atoms with Crippen LogP contribution >= 0.6 is 0 Å². The Labute approximate surface area is 161 Å². The predicted octanol–water partition coefficient (Wildman–Crippen LogP) is 3.66. The fourth-order valence-corrected chi connectivity index (χ4v) is 3.76. The van der Waals surface area contributed by atoms with Gasteiger partial charge in [-0.2, -0.15) is 0 Å². The molecule has 27 heavy (non-hydrogen) atoms. The topological polar surface area (TPSA) is 51.7 Å². The van der Waals surface area contributed by atoms with Crippen LogP contribution in [0.4, 0.5) is 0 Å². The first kappa shape index (κ1) is 19.2. The van der Waals surface area contributed by atoms with Gasteiger partial charge in [-0.05, 0) is 61.9 Å². The third-order valence-electron chi connectivity index (χ3n) is 5.21. The number of aromatic nitrogens is 1. The SMILES string of the molecule is COc1ccc(CC(=O)N2CCCCC2CCc2ccccn2)cc1OC. The molecule has 0 radical (unpaired) electrons. The van der Waals surface area contributed by atoms with Crippen LogP contribution < -0.4 is 9.47 Å². The average Bonchev–Trinajstić information content (AvgIpc) is 2.73. The first-order valence-corrected chi connectivity index (χ1v) is 9.61. The molecule has 2 aromatic rings. The number of pyridine rings is 1. The number of methoxy groups -OCH3 is 2. The van der Waals surface area contributed by atoms with E-state index in [1.807, 2.05) is 36.5 Å². The minimum atomic E-state index is 0.188. The molecular formula is C22H28N2O3. The van der Waals surface area contributed by atoms with Crippen LogP contribution in [0.15, 0.2) is 42.6 Å². The van der Waals surface area contributed by atoms with Crippen LogP contribution in [0.25, 0.3) is 0 Å². The number of carbonyl (C=O) groups excluding carboxylic acids is 1. The maximum Gasteiger partial charge on any atom is 0.227 e. The van der Waals surface area contributed by atoms with Crippen LogP contribution in [0.3, 0.4) is 0 Å². The number of likely N-dealkylation sites (tertiary alicyclic amines) is 1. The maximum atomic E-state index is 13.0. The van der Waals surface area contributed by atoms with Gasteiger partial charge >= 0.3 is 0 Å². The Kier molecular flexibility index (Phi) is 6.69. The van der Waals surface area contributed by atoms with Gasteiger partial charge in [-0.3, -0.25) is 9.78 Å². The highest BCUT2D eigenvalue weighted by molar-refractivity contribution is 5.79. The summed E-state index contributed by atoms with van der Waals surface area (Å²) in [5.74, 6) is 1.53. The summed E-state index contributed by atoms with van der Waals surface area (Å²) in [5, 5.41) is 0. The van der Waals surface area contributed by atoms with Gasteiger partial charge in [0.1, 0.15) is 0 Å². The number of nitrogens with zero attached hydrogens (tertiary/aromatic N) is 2.